The number of hydrogen-bond donors (Lipinski definition) is 3. The van der Waals surface area contributed by atoms with Crippen molar-refractivity contribution in [2.45, 2.75) is 315 Å². The predicted octanol–water partition coefficient (Wildman–Crippen LogP) is 17.8. The first-order valence-electron chi connectivity index (χ1n) is 28.9. The van der Waals surface area contributed by atoms with Crippen LogP contribution in [0.15, 0.2) is 48.6 Å². The Balaban J connectivity index is 4.52. The summed E-state index contributed by atoms with van der Waals surface area (Å²) in [5.74, 6) is -0.487. The SMILES string of the molecule is CCCCC/C=C/C=C/C=C/C=C/CCCCCCCC(=O)OC(CCCCCCCCCCCCCC)CC(=O)NC(CO)C(O)CCCCCCCCCCCCCCCCCCC. The van der Waals surface area contributed by atoms with Gasteiger partial charge in [0.1, 0.15) is 6.10 Å². The molecule has 6 heteroatoms. The molecule has 0 heterocycles. The van der Waals surface area contributed by atoms with Gasteiger partial charge in [-0.05, 0) is 51.4 Å². The molecule has 0 radical (unpaired) electrons. The van der Waals surface area contributed by atoms with Gasteiger partial charge in [-0.25, -0.2) is 0 Å². The summed E-state index contributed by atoms with van der Waals surface area (Å²) in [6.45, 7) is 6.47. The van der Waals surface area contributed by atoms with E-state index in [4.69, 9.17) is 4.74 Å². The fraction of sp³-hybridized carbons (Fsp3) is 0.833. The van der Waals surface area contributed by atoms with Crippen molar-refractivity contribution in [3.05, 3.63) is 48.6 Å². The highest BCUT2D eigenvalue weighted by Crippen LogP contribution is 2.19. The van der Waals surface area contributed by atoms with E-state index in [1.165, 1.54) is 180 Å². The van der Waals surface area contributed by atoms with Gasteiger partial charge in [-0.3, -0.25) is 9.59 Å². The Morgan fingerprint density at radius 3 is 1.20 bits per heavy atom. The maximum absolute atomic E-state index is 13.3. The van der Waals surface area contributed by atoms with E-state index in [-0.39, 0.29) is 24.9 Å². The molecule has 0 rings (SSSR count). The van der Waals surface area contributed by atoms with Crippen LogP contribution in [0.4, 0.5) is 0 Å². The zero-order valence-electron chi connectivity index (χ0n) is 44.1. The van der Waals surface area contributed by atoms with Crippen molar-refractivity contribution in [1.29, 1.82) is 0 Å². The minimum absolute atomic E-state index is 0.0707. The van der Waals surface area contributed by atoms with Crippen LogP contribution in [0.25, 0.3) is 0 Å². The van der Waals surface area contributed by atoms with Gasteiger partial charge in [-0.15, -0.1) is 0 Å². The Labute approximate surface area is 410 Å². The van der Waals surface area contributed by atoms with Gasteiger partial charge in [0.15, 0.2) is 0 Å². The number of rotatable bonds is 52. The van der Waals surface area contributed by atoms with Crippen LogP contribution >= 0.6 is 0 Å². The number of allylic oxidation sites excluding steroid dienone is 8. The monoisotopic (exact) mass is 926 g/mol. The number of amides is 1. The molecule has 66 heavy (non-hydrogen) atoms. The molecule has 386 valence electrons. The van der Waals surface area contributed by atoms with Gasteiger partial charge in [0, 0.05) is 6.42 Å². The van der Waals surface area contributed by atoms with Crippen LogP contribution in [0.1, 0.15) is 297 Å². The van der Waals surface area contributed by atoms with E-state index < -0.39 is 18.2 Å². The summed E-state index contributed by atoms with van der Waals surface area (Å²) in [6, 6.07) is -0.706. The van der Waals surface area contributed by atoms with Gasteiger partial charge in [-0.1, -0.05) is 281 Å². The van der Waals surface area contributed by atoms with Crippen LogP contribution in [0.2, 0.25) is 0 Å². The fourth-order valence-corrected chi connectivity index (χ4v) is 8.86. The van der Waals surface area contributed by atoms with Crippen LogP contribution in [-0.2, 0) is 14.3 Å². The minimum Gasteiger partial charge on any atom is -0.462 e. The number of aliphatic hydroxyl groups is 2. The van der Waals surface area contributed by atoms with E-state index in [0.29, 0.717) is 19.3 Å². The molecule has 0 aliphatic heterocycles. The summed E-state index contributed by atoms with van der Waals surface area (Å²) < 4.78 is 5.95. The van der Waals surface area contributed by atoms with Crippen molar-refractivity contribution in [2.24, 2.45) is 0 Å². The molecule has 0 aliphatic carbocycles. The second kappa shape index (κ2) is 53.8. The van der Waals surface area contributed by atoms with Crippen molar-refractivity contribution >= 4 is 11.9 Å². The van der Waals surface area contributed by atoms with Gasteiger partial charge in [-0.2, -0.15) is 0 Å². The number of ether oxygens (including phenoxy) is 1. The van der Waals surface area contributed by atoms with E-state index in [9.17, 15) is 19.8 Å². The van der Waals surface area contributed by atoms with Crippen molar-refractivity contribution in [3.63, 3.8) is 0 Å². The minimum atomic E-state index is -0.791. The van der Waals surface area contributed by atoms with Crippen molar-refractivity contribution in [2.75, 3.05) is 6.61 Å². The molecule has 0 aliphatic rings. The number of nitrogens with one attached hydrogen (secondary N) is 1. The molecule has 0 saturated heterocycles. The number of esters is 1. The summed E-state index contributed by atoms with van der Waals surface area (Å²) >= 11 is 0. The molecule has 0 aromatic carbocycles. The van der Waals surface area contributed by atoms with Crippen molar-refractivity contribution < 1.29 is 24.5 Å². The Bertz CT molecular complexity index is 1130. The maximum atomic E-state index is 13.3. The molecule has 0 aromatic rings. The Morgan fingerprint density at radius 2 is 0.773 bits per heavy atom. The van der Waals surface area contributed by atoms with E-state index in [1.807, 2.05) is 0 Å². The summed E-state index contributed by atoms with van der Waals surface area (Å²) in [7, 11) is 0. The lowest BCUT2D eigenvalue weighted by Gasteiger charge is -2.24. The number of carbonyl (C=O) groups is 2. The zero-order chi connectivity index (χ0) is 48.1. The highest BCUT2D eigenvalue weighted by Gasteiger charge is 2.24. The third kappa shape index (κ3) is 48.3. The summed E-state index contributed by atoms with van der Waals surface area (Å²) in [5.41, 5.74) is 0. The first kappa shape index (κ1) is 63.8. The normalized spacial score (nSPS) is 13.5. The Kier molecular flexibility index (Phi) is 52.0. The topological polar surface area (TPSA) is 95.9 Å². The van der Waals surface area contributed by atoms with Gasteiger partial charge in [0.05, 0.1) is 25.2 Å². The van der Waals surface area contributed by atoms with Crippen LogP contribution in [0.3, 0.4) is 0 Å². The number of carbonyl (C=O) groups excluding carboxylic acids is 2. The molecule has 6 nitrogen and oxygen atoms in total. The molecule has 3 atom stereocenters. The second-order valence-electron chi connectivity index (χ2n) is 19.8. The lowest BCUT2D eigenvalue weighted by atomic mass is 10.0. The molecule has 0 saturated carbocycles. The molecule has 1 amide bonds. The van der Waals surface area contributed by atoms with Gasteiger partial charge < -0.3 is 20.3 Å². The average Bonchev–Trinajstić information content (AvgIpc) is 3.31. The highest BCUT2D eigenvalue weighted by atomic mass is 16.5. The fourth-order valence-electron chi connectivity index (χ4n) is 8.86. The van der Waals surface area contributed by atoms with Crippen LogP contribution in [-0.4, -0.2) is 46.9 Å². The molecular weight excluding hydrogens is 815 g/mol. The second-order valence-corrected chi connectivity index (χ2v) is 19.8. The van der Waals surface area contributed by atoms with E-state index in [1.54, 1.807) is 0 Å². The molecule has 0 bridgehead atoms. The summed E-state index contributed by atoms with van der Waals surface area (Å²) in [4.78, 5) is 26.2. The standard InChI is InChI=1S/C60H111NO5/c1-4-7-10-13-16-19-22-25-27-29-31-33-35-38-41-44-47-50-53-60(65)66-56(51-48-45-42-39-36-24-21-18-15-12-9-6-3)54-59(64)61-57(55-62)58(63)52-49-46-43-40-37-34-32-30-28-26-23-20-17-14-11-8-5-2/h16,19,22,25,27,29,31,33,56-58,62-63H,4-15,17-18,20-21,23-24,26,28,30,32,34-55H2,1-3H3,(H,61,64)/b19-16+,25-22+,29-27+,33-31+. The Hall–Kier alpha value is -2.18. The smallest absolute Gasteiger partial charge is 0.306 e. The number of hydrogen-bond acceptors (Lipinski definition) is 5. The first-order valence-corrected chi connectivity index (χ1v) is 28.9. The van der Waals surface area contributed by atoms with E-state index >= 15 is 0 Å². The van der Waals surface area contributed by atoms with Crippen molar-refractivity contribution in [1.82, 2.24) is 5.32 Å². The van der Waals surface area contributed by atoms with Gasteiger partial charge in [0.25, 0.3) is 0 Å². The predicted molar refractivity (Wildman–Crippen MR) is 287 cm³/mol. The molecule has 3 unspecified atom stereocenters. The third-order valence-corrected chi connectivity index (χ3v) is 13.3. The first-order chi connectivity index (χ1) is 32.5. The van der Waals surface area contributed by atoms with E-state index in [2.05, 4.69) is 74.7 Å². The lowest BCUT2D eigenvalue weighted by Crippen LogP contribution is -2.46. The molecule has 3 N–H and O–H groups in total. The average molecular weight is 927 g/mol. The molecule has 0 aromatic heterocycles. The van der Waals surface area contributed by atoms with Gasteiger partial charge in [0.2, 0.25) is 5.91 Å². The molecular formula is C60H111NO5. The van der Waals surface area contributed by atoms with Gasteiger partial charge >= 0.3 is 5.97 Å². The summed E-state index contributed by atoms with van der Waals surface area (Å²) in [6.07, 6.45) is 66.0. The molecule has 0 spiro atoms. The Morgan fingerprint density at radius 1 is 0.439 bits per heavy atom. The van der Waals surface area contributed by atoms with Crippen LogP contribution in [0.5, 0.6) is 0 Å². The van der Waals surface area contributed by atoms with E-state index in [0.717, 1.165) is 70.6 Å². The highest BCUT2D eigenvalue weighted by molar-refractivity contribution is 5.77. The maximum Gasteiger partial charge on any atom is 0.306 e. The largest absolute Gasteiger partial charge is 0.462 e. The third-order valence-electron chi connectivity index (χ3n) is 13.3. The lowest BCUT2D eigenvalue weighted by molar-refractivity contribution is -0.151. The van der Waals surface area contributed by atoms with Crippen molar-refractivity contribution in [3.8, 4) is 0 Å². The van der Waals surface area contributed by atoms with Crippen LogP contribution in [0, 0.1) is 0 Å². The number of aliphatic hydroxyl groups excluding tert-OH is 2. The summed E-state index contributed by atoms with van der Waals surface area (Å²) in [5, 5.41) is 23.9. The number of unbranched alkanes of at least 4 members (excludes halogenated alkanes) is 35. The quantitative estimate of drug-likeness (QED) is 0.0321. The zero-order valence-corrected chi connectivity index (χ0v) is 44.1. The van der Waals surface area contributed by atoms with Crippen LogP contribution < -0.4 is 5.32 Å². The molecule has 0 fully saturated rings.